The number of aliphatic hydroxyl groups excluding tert-OH is 1. The molecular weight excluding hydrogens is 426 g/mol. The third-order valence-electron chi connectivity index (χ3n) is 7.12. The highest BCUT2D eigenvalue weighted by Crippen LogP contribution is 2.19. The van der Waals surface area contributed by atoms with Crippen molar-refractivity contribution in [2.45, 2.75) is 44.9 Å². The van der Waals surface area contributed by atoms with Crippen molar-refractivity contribution in [2.24, 2.45) is 0 Å². The standard InChI is InChI=1S/C27H35N5O2/c33-25(19-31-14-10-21-6-2-3-7-22(21)18-31)20-32-27(34)26-9-8-24(16-23(26)17-29-32)28-11-15-30-12-4-1-5-13-30/h2-3,6-9,16-17,25,28,33H,1,4-5,10-15,18-20H2/t25-/m1/s1. The van der Waals surface area contributed by atoms with E-state index >= 15 is 0 Å². The zero-order valence-electron chi connectivity index (χ0n) is 19.8. The summed E-state index contributed by atoms with van der Waals surface area (Å²) in [6.07, 6.45) is 6.03. The number of fused-ring (bicyclic) bond motifs is 2. The third-order valence-corrected chi connectivity index (χ3v) is 7.12. The van der Waals surface area contributed by atoms with Crippen LogP contribution < -0.4 is 10.9 Å². The average Bonchev–Trinajstić information content (AvgIpc) is 2.86. The van der Waals surface area contributed by atoms with Crippen LogP contribution in [-0.4, -0.2) is 70.1 Å². The van der Waals surface area contributed by atoms with Gasteiger partial charge in [0.05, 0.1) is 24.2 Å². The lowest BCUT2D eigenvalue weighted by molar-refractivity contribution is 0.0878. The Kier molecular flexibility index (Phi) is 7.23. The zero-order chi connectivity index (χ0) is 23.3. The minimum Gasteiger partial charge on any atom is -0.390 e. The number of piperidine rings is 1. The molecule has 34 heavy (non-hydrogen) atoms. The van der Waals surface area contributed by atoms with Gasteiger partial charge in [-0.3, -0.25) is 9.69 Å². The van der Waals surface area contributed by atoms with Crippen LogP contribution in [0.15, 0.2) is 53.5 Å². The molecule has 0 radical (unpaired) electrons. The molecule has 1 fully saturated rings. The predicted molar refractivity (Wildman–Crippen MR) is 136 cm³/mol. The Hall–Kier alpha value is -2.74. The van der Waals surface area contributed by atoms with Crippen LogP contribution in [0.2, 0.25) is 0 Å². The lowest BCUT2D eigenvalue weighted by Crippen LogP contribution is -2.40. The smallest absolute Gasteiger partial charge is 0.274 e. The van der Waals surface area contributed by atoms with E-state index in [2.05, 4.69) is 44.5 Å². The highest BCUT2D eigenvalue weighted by Gasteiger charge is 2.19. The van der Waals surface area contributed by atoms with E-state index in [0.29, 0.717) is 11.9 Å². The summed E-state index contributed by atoms with van der Waals surface area (Å²) in [5.74, 6) is 0. The molecule has 7 heteroatoms. The monoisotopic (exact) mass is 461 g/mol. The van der Waals surface area contributed by atoms with Gasteiger partial charge in [-0.25, -0.2) is 4.68 Å². The minimum absolute atomic E-state index is 0.152. The molecule has 1 atom stereocenters. The number of aliphatic hydroxyl groups is 1. The normalized spacial score (nSPS) is 18.0. The molecule has 7 nitrogen and oxygen atoms in total. The first-order chi connectivity index (χ1) is 16.7. The van der Waals surface area contributed by atoms with Gasteiger partial charge in [0.2, 0.25) is 0 Å². The number of hydrogen-bond acceptors (Lipinski definition) is 6. The Balaban J connectivity index is 1.18. The van der Waals surface area contributed by atoms with Crippen LogP contribution in [0, 0.1) is 0 Å². The fourth-order valence-corrected chi connectivity index (χ4v) is 5.23. The van der Waals surface area contributed by atoms with Crippen LogP contribution >= 0.6 is 0 Å². The van der Waals surface area contributed by atoms with E-state index in [1.807, 2.05) is 18.2 Å². The van der Waals surface area contributed by atoms with Crippen molar-refractivity contribution >= 4 is 16.5 Å². The minimum atomic E-state index is -0.649. The van der Waals surface area contributed by atoms with Crippen molar-refractivity contribution in [3.63, 3.8) is 0 Å². The van der Waals surface area contributed by atoms with E-state index in [-0.39, 0.29) is 12.1 Å². The van der Waals surface area contributed by atoms with Crippen molar-refractivity contribution in [2.75, 3.05) is 44.6 Å². The van der Waals surface area contributed by atoms with Crippen molar-refractivity contribution in [3.8, 4) is 0 Å². The summed E-state index contributed by atoms with van der Waals surface area (Å²) in [6.45, 7) is 6.80. The summed E-state index contributed by atoms with van der Waals surface area (Å²) in [6, 6.07) is 14.3. The predicted octanol–water partition coefficient (Wildman–Crippen LogP) is 2.71. The van der Waals surface area contributed by atoms with Gasteiger partial charge in [0.25, 0.3) is 5.56 Å². The molecule has 0 aliphatic carbocycles. The number of rotatable bonds is 8. The van der Waals surface area contributed by atoms with Crippen LogP contribution in [0.1, 0.15) is 30.4 Å². The number of nitrogens with one attached hydrogen (secondary N) is 1. The van der Waals surface area contributed by atoms with E-state index in [1.54, 1.807) is 6.20 Å². The highest BCUT2D eigenvalue weighted by atomic mass is 16.3. The second kappa shape index (κ2) is 10.7. The van der Waals surface area contributed by atoms with Crippen molar-refractivity contribution in [1.82, 2.24) is 19.6 Å². The van der Waals surface area contributed by atoms with E-state index in [4.69, 9.17) is 0 Å². The van der Waals surface area contributed by atoms with E-state index in [1.165, 1.54) is 48.2 Å². The molecule has 1 saturated heterocycles. The van der Waals surface area contributed by atoms with Gasteiger partial charge in [-0.2, -0.15) is 5.10 Å². The zero-order valence-corrected chi connectivity index (χ0v) is 19.8. The van der Waals surface area contributed by atoms with E-state index in [9.17, 15) is 9.90 Å². The van der Waals surface area contributed by atoms with Gasteiger partial charge in [-0.05, 0) is 61.7 Å². The molecule has 3 aromatic rings. The first-order valence-corrected chi connectivity index (χ1v) is 12.6. The summed E-state index contributed by atoms with van der Waals surface area (Å²) >= 11 is 0. The van der Waals surface area contributed by atoms with Crippen LogP contribution in [-0.2, 0) is 19.5 Å². The molecule has 2 aromatic carbocycles. The number of anilines is 1. The quantitative estimate of drug-likeness (QED) is 0.537. The summed E-state index contributed by atoms with van der Waals surface area (Å²) < 4.78 is 1.40. The summed E-state index contributed by atoms with van der Waals surface area (Å²) in [4.78, 5) is 17.8. The molecule has 1 aromatic heterocycles. The fourth-order valence-electron chi connectivity index (χ4n) is 5.23. The largest absolute Gasteiger partial charge is 0.390 e. The van der Waals surface area contributed by atoms with Crippen LogP contribution in [0.3, 0.4) is 0 Å². The second-order valence-corrected chi connectivity index (χ2v) is 9.67. The van der Waals surface area contributed by atoms with Crippen molar-refractivity contribution < 1.29 is 5.11 Å². The molecule has 180 valence electrons. The van der Waals surface area contributed by atoms with Gasteiger partial charge >= 0.3 is 0 Å². The molecule has 0 amide bonds. The highest BCUT2D eigenvalue weighted by molar-refractivity contribution is 5.84. The Bertz CT molecular complexity index is 1170. The van der Waals surface area contributed by atoms with Gasteiger partial charge in [0.1, 0.15) is 0 Å². The first-order valence-electron chi connectivity index (χ1n) is 12.6. The SMILES string of the molecule is O=c1c2ccc(NCCN3CCCCC3)cc2cnn1C[C@H](O)CN1CCc2ccccc2C1. The maximum atomic E-state index is 13.0. The third kappa shape index (κ3) is 5.49. The number of aromatic nitrogens is 2. The average molecular weight is 462 g/mol. The molecule has 2 aliphatic heterocycles. The molecule has 0 bridgehead atoms. The molecule has 0 spiro atoms. The summed E-state index contributed by atoms with van der Waals surface area (Å²) in [7, 11) is 0. The number of benzene rings is 2. The van der Waals surface area contributed by atoms with Crippen molar-refractivity contribution in [1.29, 1.82) is 0 Å². The van der Waals surface area contributed by atoms with Gasteiger partial charge in [0.15, 0.2) is 0 Å². The number of β-amino-alcohol motifs (C(OH)–C–C–N with tert-alkyl or cyclic N) is 1. The molecule has 5 rings (SSSR count). The summed E-state index contributed by atoms with van der Waals surface area (Å²) in [5, 5.41) is 20.0. The van der Waals surface area contributed by atoms with E-state index < -0.39 is 6.10 Å². The molecule has 2 N–H and O–H groups in total. The lowest BCUT2D eigenvalue weighted by Gasteiger charge is -2.30. The van der Waals surface area contributed by atoms with Crippen LogP contribution in [0.4, 0.5) is 5.69 Å². The van der Waals surface area contributed by atoms with Crippen LogP contribution in [0.25, 0.3) is 10.8 Å². The van der Waals surface area contributed by atoms with E-state index in [0.717, 1.165) is 43.7 Å². The van der Waals surface area contributed by atoms with Gasteiger partial charge in [-0.15, -0.1) is 0 Å². The molecule has 3 heterocycles. The van der Waals surface area contributed by atoms with Crippen molar-refractivity contribution in [3.05, 3.63) is 70.1 Å². The second-order valence-electron chi connectivity index (χ2n) is 9.67. The topological polar surface area (TPSA) is 73.6 Å². The molecule has 0 saturated carbocycles. The van der Waals surface area contributed by atoms with Crippen LogP contribution in [0.5, 0.6) is 0 Å². The molecule has 0 unspecified atom stereocenters. The molecule has 2 aliphatic rings. The maximum Gasteiger partial charge on any atom is 0.274 e. The van der Waals surface area contributed by atoms with Gasteiger partial charge in [0, 0.05) is 43.8 Å². The van der Waals surface area contributed by atoms with Gasteiger partial charge < -0.3 is 15.3 Å². The number of likely N-dealkylation sites (tertiary alicyclic amines) is 1. The fraction of sp³-hybridized carbons (Fsp3) is 0.481. The number of hydrogen-bond donors (Lipinski definition) is 2. The Labute approximate surface area is 201 Å². The lowest BCUT2D eigenvalue weighted by atomic mass is 10.00. The Morgan fingerprint density at radius 3 is 2.65 bits per heavy atom. The Morgan fingerprint density at radius 2 is 1.79 bits per heavy atom. The van der Waals surface area contributed by atoms with Gasteiger partial charge in [-0.1, -0.05) is 30.7 Å². The summed E-state index contributed by atoms with van der Waals surface area (Å²) in [5.41, 5.74) is 3.57. The maximum absolute atomic E-state index is 13.0. The number of nitrogens with zero attached hydrogens (tertiary/aromatic N) is 4. The first kappa shape index (κ1) is 23.0. The molecular formula is C27H35N5O2. The Morgan fingerprint density at radius 1 is 0.971 bits per heavy atom.